The number of fused-ring (bicyclic) bond motifs is 1. The number of amides is 2. The standard InChI is InChI=1S/C21H24N2O5S2/c1-11(19(26)17-9-8-14(29-17)10-22-12(2)24)28-21(27)18-15-6-4-5-7-16(15)30-20(18)23-13(3)25/h8-9,11H,4-7,10H2,1-3H3,(H,22,24)(H,23,25). The van der Waals surface area contributed by atoms with E-state index in [0.29, 0.717) is 22.0 Å². The first-order valence-corrected chi connectivity index (χ1v) is 11.4. The van der Waals surface area contributed by atoms with Crippen LogP contribution in [0.4, 0.5) is 5.00 Å². The van der Waals surface area contributed by atoms with E-state index in [2.05, 4.69) is 10.6 Å². The Morgan fingerprint density at radius 3 is 2.50 bits per heavy atom. The van der Waals surface area contributed by atoms with E-state index in [-0.39, 0.29) is 17.6 Å². The van der Waals surface area contributed by atoms with Crippen LogP contribution in [-0.2, 0) is 33.7 Å². The van der Waals surface area contributed by atoms with Crippen molar-refractivity contribution >= 4 is 51.2 Å². The van der Waals surface area contributed by atoms with Crippen LogP contribution in [0.2, 0.25) is 0 Å². The molecule has 1 unspecified atom stereocenters. The van der Waals surface area contributed by atoms with E-state index in [1.165, 1.54) is 36.5 Å². The summed E-state index contributed by atoms with van der Waals surface area (Å²) >= 11 is 2.67. The summed E-state index contributed by atoms with van der Waals surface area (Å²) in [5.74, 6) is -1.29. The van der Waals surface area contributed by atoms with E-state index in [1.54, 1.807) is 19.1 Å². The fraction of sp³-hybridized carbons (Fsp3) is 0.429. The fourth-order valence-corrected chi connectivity index (χ4v) is 5.61. The maximum Gasteiger partial charge on any atom is 0.342 e. The zero-order valence-corrected chi connectivity index (χ0v) is 18.8. The molecule has 2 N–H and O–H groups in total. The van der Waals surface area contributed by atoms with Crippen molar-refractivity contribution < 1.29 is 23.9 Å². The van der Waals surface area contributed by atoms with E-state index in [1.807, 2.05) is 0 Å². The third kappa shape index (κ3) is 5.14. The van der Waals surface area contributed by atoms with Crippen LogP contribution < -0.4 is 10.6 Å². The Labute approximate surface area is 182 Å². The molecule has 2 aromatic rings. The number of nitrogens with one attached hydrogen (secondary N) is 2. The Balaban J connectivity index is 1.74. The van der Waals surface area contributed by atoms with Crippen LogP contribution in [0.5, 0.6) is 0 Å². The average molecular weight is 449 g/mol. The molecule has 1 aliphatic carbocycles. The van der Waals surface area contributed by atoms with Gasteiger partial charge in [-0.1, -0.05) is 0 Å². The lowest BCUT2D eigenvalue weighted by Gasteiger charge is -2.15. The van der Waals surface area contributed by atoms with E-state index >= 15 is 0 Å². The largest absolute Gasteiger partial charge is 0.451 e. The van der Waals surface area contributed by atoms with Gasteiger partial charge in [-0.3, -0.25) is 14.4 Å². The van der Waals surface area contributed by atoms with Crippen molar-refractivity contribution in [1.29, 1.82) is 0 Å². The van der Waals surface area contributed by atoms with Gasteiger partial charge in [0.15, 0.2) is 6.10 Å². The Bertz CT molecular complexity index is 992. The minimum Gasteiger partial charge on any atom is -0.451 e. The lowest BCUT2D eigenvalue weighted by atomic mass is 9.95. The molecule has 2 amide bonds. The highest BCUT2D eigenvalue weighted by atomic mass is 32.1. The number of thiophene rings is 2. The highest BCUT2D eigenvalue weighted by molar-refractivity contribution is 7.17. The van der Waals surface area contributed by atoms with Crippen molar-refractivity contribution in [3.05, 3.63) is 37.9 Å². The Morgan fingerprint density at radius 1 is 1.07 bits per heavy atom. The molecule has 1 atom stereocenters. The predicted octanol–water partition coefficient (Wildman–Crippen LogP) is 3.71. The fourth-order valence-electron chi connectivity index (χ4n) is 3.32. The summed E-state index contributed by atoms with van der Waals surface area (Å²) in [5, 5.41) is 5.91. The number of esters is 1. The zero-order chi connectivity index (χ0) is 21.8. The number of hydrogen-bond donors (Lipinski definition) is 2. The van der Waals surface area contributed by atoms with Gasteiger partial charge >= 0.3 is 5.97 Å². The molecule has 0 aromatic carbocycles. The number of carbonyl (C=O) groups is 4. The Hall–Kier alpha value is -2.52. The first-order valence-electron chi connectivity index (χ1n) is 9.76. The average Bonchev–Trinajstić information content (AvgIpc) is 3.29. The molecule has 0 saturated carbocycles. The number of aryl methyl sites for hydroxylation is 1. The van der Waals surface area contributed by atoms with Gasteiger partial charge in [0, 0.05) is 23.6 Å². The van der Waals surface area contributed by atoms with Gasteiger partial charge in [-0.25, -0.2) is 4.79 Å². The van der Waals surface area contributed by atoms with Crippen LogP contribution in [-0.4, -0.2) is 29.7 Å². The lowest BCUT2D eigenvalue weighted by Crippen LogP contribution is -2.25. The summed E-state index contributed by atoms with van der Waals surface area (Å²) in [6.07, 6.45) is 2.70. The number of ether oxygens (including phenoxy) is 1. The van der Waals surface area contributed by atoms with Crippen LogP contribution in [0.1, 0.15) is 69.0 Å². The molecule has 0 bridgehead atoms. The third-order valence-corrected chi connectivity index (χ3v) is 7.04. The van der Waals surface area contributed by atoms with Gasteiger partial charge < -0.3 is 15.4 Å². The topological polar surface area (TPSA) is 102 Å². The summed E-state index contributed by atoms with van der Waals surface area (Å²) in [6.45, 7) is 4.72. The molecule has 9 heteroatoms. The number of Topliss-reactive ketones (excluding diaryl/α,β-unsaturated/α-hetero) is 1. The molecule has 0 spiro atoms. The minimum atomic E-state index is -0.964. The second kappa shape index (κ2) is 9.53. The van der Waals surface area contributed by atoms with Crippen LogP contribution in [0.3, 0.4) is 0 Å². The summed E-state index contributed by atoms with van der Waals surface area (Å²) in [6, 6.07) is 3.44. The first-order chi connectivity index (χ1) is 14.3. The molecule has 2 aromatic heterocycles. The SMILES string of the molecule is CC(=O)NCc1ccc(C(=O)C(C)OC(=O)c2c(NC(C)=O)sc3c2CCCC3)s1. The van der Waals surface area contributed by atoms with Crippen LogP contribution in [0.25, 0.3) is 0 Å². The molecular weight excluding hydrogens is 424 g/mol. The molecule has 2 heterocycles. The lowest BCUT2D eigenvalue weighted by molar-refractivity contribution is -0.119. The molecule has 1 aliphatic rings. The molecule has 0 radical (unpaired) electrons. The number of hydrogen-bond acceptors (Lipinski definition) is 7. The van der Waals surface area contributed by atoms with E-state index in [9.17, 15) is 19.2 Å². The van der Waals surface area contributed by atoms with Crippen LogP contribution >= 0.6 is 22.7 Å². The second-order valence-electron chi connectivity index (χ2n) is 7.18. The molecular formula is C21H24N2O5S2. The van der Waals surface area contributed by atoms with Gasteiger partial charge in [0.25, 0.3) is 0 Å². The summed E-state index contributed by atoms with van der Waals surface area (Å²) in [7, 11) is 0. The van der Waals surface area contributed by atoms with Gasteiger partial charge in [0.05, 0.1) is 17.0 Å². The number of rotatable bonds is 7. The van der Waals surface area contributed by atoms with E-state index in [4.69, 9.17) is 4.74 Å². The molecule has 0 aliphatic heterocycles. The van der Waals surface area contributed by atoms with Gasteiger partial charge in [0.1, 0.15) is 5.00 Å². The molecule has 160 valence electrons. The molecule has 3 rings (SSSR count). The quantitative estimate of drug-likeness (QED) is 0.497. The van der Waals surface area contributed by atoms with E-state index < -0.39 is 12.1 Å². The highest BCUT2D eigenvalue weighted by Gasteiger charge is 2.29. The highest BCUT2D eigenvalue weighted by Crippen LogP contribution is 2.38. The van der Waals surface area contributed by atoms with Crippen LogP contribution in [0.15, 0.2) is 12.1 Å². The van der Waals surface area contributed by atoms with Crippen molar-refractivity contribution in [3.8, 4) is 0 Å². The minimum absolute atomic E-state index is 0.146. The summed E-state index contributed by atoms with van der Waals surface area (Å²) in [5.41, 5.74) is 1.30. The zero-order valence-electron chi connectivity index (χ0n) is 17.1. The van der Waals surface area contributed by atoms with Crippen molar-refractivity contribution in [2.45, 2.75) is 59.1 Å². The van der Waals surface area contributed by atoms with Crippen molar-refractivity contribution in [1.82, 2.24) is 5.32 Å². The monoisotopic (exact) mass is 448 g/mol. The third-order valence-electron chi connectivity index (χ3n) is 4.73. The van der Waals surface area contributed by atoms with Crippen molar-refractivity contribution in [2.24, 2.45) is 0 Å². The smallest absolute Gasteiger partial charge is 0.342 e. The molecule has 7 nitrogen and oxygen atoms in total. The molecule has 30 heavy (non-hydrogen) atoms. The van der Waals surface area contributed by atoms with Crippen molar-refractivity contribution in [3.63, 3.8) is 0 Å². The first kappa shape index (κ1) is 22.2. The van der Waals surface area contributed by atoms with Crippen molar-refractivity contribution in [2.75, 3.05) is 5.32 Å². The van der Waals surface area contributed by atoms with Gasteiger partial charge in [-0.15, -0.1) is 22.7 Å². The van der Waals surface area contributed by atoms with Gasteiger partial charge in [-0.05, 0) is 50.3 Å². The Morgan fingerprint density at radius 2 is 1.80 bits per heavy atom. The maximum atomic E-state index is 12.9. The second-order valence-corrected chi connectivity index (χ2v) is 9.46. The summed E-state index contributed by atoms with van der Waals surface area (Å²) < 4.78 is 5.51. The Kier molecular flexibility index (Phi) is 7.04. The normalized spacial score (nSPS) is 13.8. The predicted molar refractivity (Wildman–Crippen MR) is 116 cm³/mol. The maximum absolute atomic E-state index is 12.9. The molecule has 0 saturated heterocycles. The number of ketones is 1. The number of anilines is 1. The molecule has 0 fully saturated rings. The van der Waals surface area contributed by atoms with Crippen LogP contribution in [0, 0.1) is 0 Å². The van der Waals surface area contributed by atoms with E-state index in [0.717, 1.165) is 41.0 Å². The van der Waals surface area contributed by atoms with Gasteiger partial charge in [-0.2, -0.15) is 0 Å². The summed E-state index contributed by atoms with van der Waals surface area (Å²) in [4.78, 5) is 50.7. The number of carbonyl (C=O) groups excluding carboxylic acids is 4. The van der Waals surface area contributed by atoms with Gasteiger partial charge in [0.2, 0.25) is 17.6 Å².